The van der Waals surface area contributed by atoms with E-state index in [4.69, 9.17) is 5.73 Å². The number of halogens is 3. The van der Waals surface area contributed by atoms with Crippen LogP contribution in [0.15, 0.2) is 24.3 Å². The minimum atomic E-state index is -4.65. The van der Waals surface area contributed by atoms with E-state index in [9.17, 15) is 13.2 Å². The Morgan fingerprint density at radius 3 is 2.43 bits per heavy atom. The van der Waals surface area contributed by atoms with E-state index in [-0.39, 0.29) is 11.8 Å². The van der Waals surface area contributed by atoms with Gasteiger partial charge in [-0.3, -0.25) is 4.90 Å². The van der Waals surface area contributed by atoms with Crippen molar-refractivity contribution in [2.75, 3.05) is 13.1 Å². The van der Waals surface area contributed by atoms with Crippen LogP contribution in [0.25, 0.3) is 0 Å². The van der Waals surface area contributed by atoms with Crippen molar-refractivity contribution in [1.82, 2.24) is 4.90 Å². The van der Waals surface area contributed by atoms with Crippen LogP contribution >= 0.6 is 0 Å². The highest BCUT2D eigenvalue weighted by molar-refractivity contribution is 5.29. The highest BCUT2D eigenvalue weighted by Crippen LogP contribution is 2.32. The van der Waals surface area contributed by atoms with E-state index in [0.29, 0.717) is 18.5 Å². The van der Waals surface area contributed by atoms with Gasteiger partial charge in [0.15, 0.2) is 0 Å². The molecule has 1 fully saturated rings. The summed E-state index contributed by atoms with van der Waals surface area (Å²) in [7, 11) is 0. The monoisotopic (exact) mass is 302 g/mol. The topological polar surface area (TPSA) is 38.5 Å². The van der Waals surface area contributed by atoms with Gasteiger partial charge in [-0.1, -0.05) is 12.1 Å². The summed E-state index contributed by atoms with van der Waals surface area (Å²) in [6.45, 7) is 5.83. The second kappa shape index (κ2) is 6.23. The largest absolute Gasteiger partial charge is 0.573 e. The van der Waals surface area contributed by atoms with Crippen LogP contribution in [0.2, 0.25) is 0 Å². The quantitative estimate of drug-likeness (QED) is 0.927. The highest BCUT2D eigenvalue weighted by Gasteiger charge is 2.33. The summed E-state index contributed by atoms with van der Waals surface area (Å²) in [6, 6.07) is 6.68. The van der Waals surface area contributed by atoms with Crippen LogP contribution in [0.4, 0.5) is 13.2 Å². The first-order valence-corrected chi connectivity index (χ1v) is 7.11. The summed E-state index contributed by atoms with van der Waals surface area (Å²) in [6.07, 6.45) is -3.58. The van der Waals surface area contributed by atoms with Crippen molar-refractivity contribution in [2.24, 2.45) is 11.7 Å². The third-order valence-corrected chi connectivity index (χ3v) is 4.14. The molecular weight excluding hydrogens is 281 g/mol. The Morgan fingerprint density at radius 2 is 1.95 bits per heavy atom. The zero-order valence-corrected chi connectivity index (χ0v) is 12.2. The smallest absolute Gasteiger partial charge is 0.406 e. The van der Waals surface area contributed by atoms with Gasteiger partial charge in [0.2, 0.25) is 0 Å². The van der Waals surface area contributed by atoms with Crippen LogP contribution in [-0.4, -0.2) is 30.4 Å². The first kappa shape index (κ1) is 16.1. The second-order valence-corrected chi connectivity index (χ2v) is 5.68. The number of benzene rings is 1. The number of hydrogen-bond acceptors (Lipinski definition) is 3. The van der Waals surface area contributed by atoms with E-state index in [1.807, 2.05) is 0 Å². The number of alkyl halides is 3. The zero-order valence-electron chi connectivity index (χ0n) is 12.2. The van der Waals surface area contributed by atoms with E-state index in [1.54, 1.807) is 12.1 Å². The summed E-state index contributed by atoms with van der Waals surface area (Å²) in [5, 5.41) is 0. The van der Waals surface area contributed by atoms with Gasteiger partial charge in [0.05, 0.1) is 0 Å². The first-order chi connectivity index (χ1) is 9.80. The van der Waals surface area contributed by atoms with Gasteiger partial charge in [-0.05, 0) is 50.4 Å². The number of nitrogens with zero attached hydrogens (tertiary/aromatic N) is 1. The third-order valence-electron chi connectivity index (χ3n) is 4.14. The predicted molar refractivity (Wildman–Crippen MR) is 74.9 cm³/mol. The van der Waals surface area contributed by atoms with Crippen LogP contribution in [-0.2, 0) is 0 Å². The average Bonchev–Trinajstić information content (AvgIpc) is 2.78. The molecule has 0 aliphatic carbocycles. The second-order valence-electron chi connectivity index (χ2n) is 5.68. The molecule has 2 N–H and O–H groups in total. The molecule has 21 heavy (non-hydrogen) atoms. The Balaban J connectivity index is 2.05. The molecule has 0 saturated carbocycles. The highest BCUT2D eigenvalue weighted by atomic mass is 19.4. The lowest BCUT2D eigenvalue weighted by Gasteiger charge is -2.29. The van der Waals surface area contributed by atoms with Crippen LogP contribution in [0.1, 0.15) is 31.9 Å². The fraction of sp³-hybridized carbons (Fsp3) is 0.600. The van der Waals surface area contributed by atoms with Crippen LogP contribution < -0.4 is 10.5 Å². The van der Waals surface area contributed by atoms with Crippen LogP contribution in [0.5, 0.6) is 5.75 Å². The molecule has 0 amide bonds. The Bertz CT molecular complexity index is 461. The van der Waals surface area contributed by atoms with Crippen molar-refractivity contribution in [3.05, 3.63) is 29.8 Å². The van der Waals surface area contributed by atoms with Crippen molar-refractivity contribution < 1.29 is 17.9 Å². The Kier molecular flexibility index (Phi) is 4.78. The summed E-state index contributed by atoms with van der Waals surface area (Å²) >= 11 is 0. The molecule has 1 aromatic rings. The maximum Gasteiger partial charge on any atom is 0.573 e. The summed E-state index contributed by atoms with van der Waals surface area (Å²) in [5.41, 5.74) is 6.71. The van der Waals surface area contributed by atoms with Crippen molar-refractivity contribution in [2.45, 2.75) is 38.7 Å². The summed E-state index contributed by atoms with van der Waals surface area (Å²) in [5.74, 6) is 0.308. The van der Waals surface area contributed by atoms with E-state index in [1.165, 1.54) is 12.1 Å². The molecule has 2 rings (SSSR count). The molecule has 3 nitrogen and oxygen atoms in total. The van der Waals surface area contributed by atoms with Gasteiger partial charge in [0, 0.05) is 18.6 Å². The van der Waals surface area contributed by atoms with Crippen LogP contribution in [0, 0.1) is 5.92 Å². The number of ether oxygens (including phenoxy) is 1. The fourth-order valence-electron chi connectivity index (χ4n) is 3.02. The molecule has 1 aliphatic rings. The van der Waals surface area contributed by atoms with Crippen LogP contribution in [0.3, 0.4) is 0 Å². The molecule has 0 bridgehead atoms. The molecule has 1 saturated heterocycles. The number of likely N-dealkylation sites (tertiary alicyclic amines) is 1. The molecule has 3 unspecified atom stereocenters. The first-order valence-electron chi connectivity index (χ1n) is 7.11. The summed E-state index contributed by atoms with van der Waals surface area (Å²) in [4.78, 5) is 2.34. The molecular formula is C15H21F3N2O. The Labute approximate surface area is 122 Å². The minimum Gasteiger partial charge on any atom is -0.406 e. The van der Waals surface area contributed by atoms with Gasteiger partial charge in [0.1, 0.15) is 5.75 Å². The third kappa shape index (κ3) is 4.11. The summed E-state index contributed by atoms with van der Waals surface area (Å²) < 4.78 is 40.3. The molecule has 118 valence electrons. The van der Waals surface area contributed by atoms with Gasteiger partial charge in [-0.15, -0.1) is 13.2 Å². The molecule has 0 radical (unpaired) electrons. The fourth-order valence-corrected chi connectivity index (χ4v) is 3.02. The normalized spacial score (nSPS) is 25.0. The zero-order chi connectivity index (χ0) is 15.6. The Morgan fingerprint density at radius 1 is 1.33 bits per heavy atom. The van der Waals surface area contributed by atoms with Gasteiger partial charge in [0.25, 0.3) is 0 Å². The molecule has 1 aliphatic heterocycles. The van der Waals surface area contributed by atoms with Crippen molar-refractivity contribution in [3.8, 4) is 5.75 Å². The van der Waals surface area contributed by atoms with E-state index < -0.39 is 6.36 Å². The van der Waals surface area contributed by atoms with Gasteiger partial charge < -0.3 is 10.5 Å². The maximum atomic E-state index is 12.1. The number of hydrogen-bond donors (Lipinski definition) is 1. The maximum absolute atomic E-state index is 12.1. The van der Waals surface area contributed by atoms with Gasteiger partial charge in [-0.2, -0.15) is 0 Å². The lowest BCUT2D eigenvalue weighted by molar-refractivity contribution is -0.274. The lowest BCUT2D eigenvalue weighted by atomic mass is 10.1. The molecule has 3 atom stereocenters. The van der Waals surface area contributed by atoms with Crippen molar-refractivity contribution in [1.29, 1.82) is 0 Å². The van der Waals surface area contributed by atoms with Gasteiger partial charge >= 0.3 is 6.36 Å². The average molecular weight is 302 g/mol. The van der Waals surface area contributed by atoms with Crippen molar-refractivity contribution in [3.63, 3.8) is 0 Å². The van der Waals surface area contributed by atoms with Gasteiger partial charge in [-0.25, -0.2) is 0 Å². The number of rotatable bonds is 4. The molecule has 6 heteroatoms. The molecule has 0 spiro atoms. The standard InChI is InChI=1S/C15H21F3N2O/c1-10-7-12(8-19)9-20(10)11(2)13-3-5-14(6-4-13)21-15(16,17)18/h3-6,10-12H,7-9,19H2,1-2H3. The molecule has 1 aromatic carbocycles. The molecule has 1 heterocycles. The van der Waals surface area contributed by atoms with E-state index >= 15 is 0 Å². The SMILES string of the molecule is CC1CC(CN)CN1C(C)c1ccc(OC(F)(F)F)cc1. The Hall–Kier alpha value is -1.27. The lowest BCUT2D eigenvalue weighted by Crippen LogP contribution is -2.30. The molecule has 0 aromatic heterocycles. The van der Waals surface area contributed by atoms with Crippen molar-refractivity contribution >= 4 is 0 Å². The number of nitrogens with two attached hydrogens (primary N) is 1. The predicted octanol–water partition coefficient (Wildman–Crippen LogP) is 3.32. The minimum absolute atomic E-state index is 0.150. The van der Waals surface area contributed by atoms with E-state index in [2.05, 4.69) is 23.5 Å². The van der Waals surface area contributed by atoms with E-state index in [0.717, 1.165) is 18.5 Å².